The van der Waals surface area contributed by atoms with E-state index in [2.05, 4.69) is 5.32 Å². The number of fused-ring (bicyclic) bond motifs is 1. The van der Waals surface area contributed by atoms with E-state index >= 15 is 0 Å². The lowest BCUT2D eigenvalue weighted by Crippen LogP contribution is -2.25. The molecule has 1 aliphatic rings. The average molecular weight is 201 g/mol. The van der Waals surface area contributed by atoms with Crippen LogP contribution in [0.4, 0.5) is 13.2 Å². The molecule has 0 aliphatic carbocycles. The Labute approximate surface area is 79.9 Å². The van der Waals surface area contributed by atoms with E-state index < -0.39 is 17.8 Å². The summed E-state index contributed by atoms with van der Waals surface area (Å²) in [7, 11) is 0. The van der Waals surface area contributed by atoms with E-state index in [0.717, 1.165) is 5.56 Å². The summed E-state index contributed by atoms with van der Waals surface area (Å²) in [6.07, 6.45) is -2.24. The van der Waals surface area contributed by atoms with Crippen molar-refractivity contribution in [3.8, 4) is 0 Å². The number of alkyl halides is 2. The molecule has 0 saturated carbocycles. The SMILES string of the molecule is Fc1c(C(F)F)ccc2c1CCNC2. The van der Waals surface area contributed by atoms with E-state index in [4.69, 9.17) is 0 Å². The van der Waals surface area contributed by atoms with Gasteiger partial charge in [0.05, 0.1) is 5.56 Å². The zero-order valence-electron chi connectivity index (χ0n) is 7.49. The predicted molar refractivity (Wildman–Crippen MR) is 46.8 cm³/mol. The summed E-state index contributed by atoms with van der Waals surface area (Å²) in [6, 6.07) is 2.75. The van der Waals surface area contributed by atoms with Crippen LogP contribution in [0.1, 0.15) is 23.1 Å². The van der Waals surface area contributed by atoms with Gasteiger partial charge in [-0.1, -0.05) is 12.1 Å². The molecule has 0 amide bonds. The molecule has 0 spiro atoms. The molecule has 14 heavy (non-hydrogen) atoms. The first-order chi connectivity index (χ1) is 6.70. The van der Waals surface area contributed by atoms with Gasteiger partial charge in [-0.15, -0.1) is 0 Å². The first kappa shape index (κ1) is 9.52. The van der Waals surface area contributed by atoms with Gasteiger partial charge in [0.1, 0.15) is 5.82 Å². The fourth-order valence-corrected chi connectivity index (χ4v) is 1.72. The fraction of sp³-hybridized carbons (Fsp3) is 0.400. The molecule has 0 saturated heterocycles. The molecule has 1 N–H and O–H groups in total. The highest BCUT2D eigenvalue weighted by Gasteiger charge is 2.20. The van der Waals surface area contributed by atoms with Crippen LogP contribution >= 0.6 is 0 Å². The second kappa shape index (κ2) is 3.61. The molecule has 1 aromatic carbocycles. The van der Waals surface area contributed by atoms with Crippen LogP contribution in [0, 0.1) is 5.82 Å². The van der Waals surface area contributed by atoms with Gasteiger partial charge in [0.2, 0.25) is 0 Å². The summed E-state index contributed by atoms with van der Waals surface area (Å²) < 4.78 is 38.2. The summed E-state index contributed by atoms with van der Waals surface area (Å²) in [6.45, 7) is 1.21. The minimum absolute atomic E-state index is 0.446. The first-order valence-electron chi connectivity index (χ1n) is 4.49. The number of hydrogen-bond acceptors (Lipinski definition) is 1. The van der Waals surface area contributed by atoms with E-state index in [-0.39, 0.29) is 0 Å². The summed E-state index contributed by atoms with van der Waals surface area (Å²) in [5.74, 6) is -0.723. The Hall–Kier alpha value is -1.03. The van der Waals surface area contributed by atoms with Crippen LogP contribution in [0.5, 0.6) is 0 Å². The molecule has 0 atom stereocenters. The topological polar surface area (TPSA) is 12.0 Å². The van der Waals surface area contributed by atoms with Gasteiger partial charge in [-0.05, 0) is 24.1 Å². The minimum Gasteiger partial charge on any atom is -0.312 e. The van der Waals surface area contributed by atoms with E-state index in [1.165, 1.54) is 6.07 Å². The molecule has 76 valence electrons. The maximum atomic E-state index is 13.5. The maximum Gasteiger partial charge on any atom is 0.266 e. The quantitative estimate of drug-likeness (QED) is 0.735. The lowest BCUT2D eigenvalue weighted by molar-refractivity contribution is 0.146. The van der Waals surface area contributed by atoms with Crippen molar-refractivity contribution in [3.63, 3.8) is 0 Å². The van der Waals surface area contributed by atoms with E-state index in [0.29, 0.717) is 25.1 Å². The largest absolute Gasteiger partial charge is 0.312 e. The molecule has 0 radical (unpaired) electrons. The van der Waals surface area contributed by atoms with Crippen molar-refractivity contribution in [2.24, 2.45) is 0 Å². The maximum absolute atomic E-state index is 13.5. The van der Waals surface area contributed by atoms with E-state index in [1.807, 2.05) is 0 Å². The Balaban J connectivity index is 2.49. The second-order valence-electron chi connectivity index (χ2n) is 3.33. The smallest absolute Gasteiger partial charge is 0.266 e. The second-order valence-corrected chi connectivity index (χ2v) is 3.33. The third-order valence-corrected chi connectivity index (χ3v) is 2.47. The number of benzene rings is 1. The molecule has 4 heteroatoms. The van der Waals surface area contributed by atoms with E-state index in [1.54, 1.807) is 6.07 Å². The number of rotatable bonds is 1. The summed E-state index contributed by atoms with van der Waals surface area (Å²) in [5.41, 5.74) is 0.755. The Morgan fingerprint density at radius 1 is 1.29 bits per heavy atom. The number of hydrogen-bond donors (Lipinski definition) is 1. The van der Waals surface area contributed by atoms with Gasteiger partial charge in [0.25, 0.3) is 6.43 Å². The molecule has 1 aliphatic heterocycles. The zero-order chi connectivity index (χ0) is 10.1. The van der Waals surface area contributed by atoms with Crippen LogP contribution < -0.4 is 5.32 Å². The van der Waals surface area contributed by atoms with Crippen molar-refractivity contribution < 1.29 is 13.2 Å². The summed E-state index contributed by atoms with van der Waals surface area (Å²) >= 11 is 0. The number of nitrogens with one attached hydrogen (secondary N) is 1. The molecule has 1 nitrogen and oxygen atoms in total. The highest BCUT2D eigenvalue weighted by molar-refractivity contribution is 5.36. The van der Waals surface area contributed by atoms with Crippen molar-refractivity contribution in [1.82, 2.24) is 5.32 Å². The van der Waals surface area contributed by atoms with Gasteiger partial charge in [-0.25, -0.2) is 13.2 Å². The van der Waals surface area contributed by atoms with Crippen molar-refractivity contribution in [1.29, 1.82) is 0 Å². The van der Waals surface area contributed by atoms with Crippen LogP contribution in [0.3, 0.4) is 0 Å². The molecule has 0 bridgehead atoms. The van der Waals surface area contributed by atoms with Crippen LogP contribution in [0.15, 0.2) is 12.1 Å². The van der Waals surface area contributed by atoms with Crippen molar-refractivity contribution in [3.05, 3.63) is 34.6 Å². The van der Waals surface area contributed by atoms with Crippen LogP contribution in [0.25, 0.3) is 0 Å². The van der Waals surface area contributed by atoms with Gasteiger partial charge in [-0.3, -0.25) is 0 Å². The monoisotopic (exact) mass is 201 g/mol. The molecule has 0 fully saturated rings. The zero-order valence-corrected chi connectivity index (χ0v) is 7.49. The third-order valence-electron chi connectivity index (χ3n) is 2.47. The van der Waals surface area contributed by atoms with Crippen molar-refractivity contribution in [2.75, 3.05) is 6.54 Å². The average Bonchev–Trinajstić information content (AvgIpc) is 2.18. The Morgan fingerprint density at radius 3 is 2.79 bits per heavy atom. The molecular weight excluding hydrogens is 191 g/mol. The van der Waals surface area contributed by atoms with Gasteiger partial charge >= 0.3 is 0 Å². The molecule has 1 heterocycles. The predicted octanol–water partition coefficient (Wildman–Crippen LogP) is 2.41. The van der Waals surface area contributed by atoms with Gasteiger partial charge < -0.3 is 5.32 Å². The van der Waals surface area contributed by atoms with Gasteiger partial charge in [-0.2, -0.15) is 0 Å². The minimum atomic E-state index is -2.73. The van der Waals surface area contributed by atoms with Crippen LogP contribution in [-0.2, 0) is 13.0 Å². The third kappa shape index (κ3) is 1.50. The lowest BCUT2D eigenvalue weighted by Gasteiger charge is -2.18. The Bertz CT molecular complexity index is 349. The standard InChI is InChI=1S/C10H10F3N/c11-9-7-3-4-14-5-6(7)1-2-8(9)10(12)13/h1-2,10,14H,3-5H2. The van der Waals surface area contributed by atoms with Crippen LogP contribution in [-0.4, -0.2) is 6.54 Å². The number of halogens is 3. The molecular formula is C10H10F3N. The highest BCUT2D eigenvalue weighted by atomic mass is 19.3. The normalized spacial score (nSPS) is 15.7. The summed E-state index contributed by atoms with van der Waals surface area (Å²) in [5, 5.41) is 3.06. The van der Waals surface area contributed by atoms with Crippen molar-refractivity contribution >= 4 is 0 Å². The van der Waals surface area contributed by atoms with Gasteiger partial charge in [0, 0.05) is 6.54 Å². The lowest BCUT2D eigenvalue weighted by atomic mass is 9.97. The molecule has 0 aromatic heterocycles. The Kier molecular flexibility index (Phi) is 2.46. The van der Waals surface area contributed by atoms with E-state index in [9.17, 15) is 13.2 Å². The van der Waals surface area contributed by atoms with Crippen LogP contribution in [0.2, 0.25) is 0 Å². The molecule has 2 rings (SSSR count). The molecule has 1 aromatic rings. The van der Waals surface area contributed by atoms with Crippen molar-refractivity contribution in [2.45, 2.75) is 19.4 Å². The fourth-order valence-electron chi connectivity index (χ4n) is 1.72. The Morgan fingerprint density at radius 2 is 2.07 bits per heavy atom. The molecule has 0 unspecified atom stereocenters. The highest BCUT2D eigenvalue weighted by Crippen LogP contribution is 2.27. The first-order valence-corrected chi connectivity index (χ1v) is 4.49. The summed E-state index contributed by atoms with van der Waals surface area (Å²) in [4.78, 5) is 0. The van der Waals surface area contributed by atoms with Gasteiger partial charge in [0.15, 0.2) is 0 Å².